The van der Waals surface area contributed by atoms with Gasteiger partial charge in [-0.15, -0.1) is 10.2 Å². The van der Waals surface area contributed by atoms with E-state index in [4.69, 9.17) is 16.0 Å². The van der Waals surface area contributed by atoms with E-state index >= 15 is 0 Å². The number of aromatic nitrogens is 3. The van der Waals surface area contributed by atoms with Gasteiger partial charge in [0.1, 0.15) is 5.82 Å². The third-order valence-corrected chi connectivity index (χ3v) is 5.56. The number of nitrogens with zero attached hydrogens (tertiary/aromatic N) is 3. The SMILES string of the molecule is O=C(CSc1nnc(Cc2ccccc2)n1-c1ccc(Cl)cc1)NNC(=O)c1ccco1. The maximum atomic E-state index is 12.2. The second-order valence-electron chi connectivity index (χ2n) is 6.64. The average Bonchev–Trinajstić information content (AvgIpc) is 3.48. The van der Waals surface area contributed by atoms with Gasteiger partial charge in [-0.3, -0.25) is 25.0 Å². The molecule has 4 aromatic rings. The largest absolute Gasteiger partial charge is 0.459 e. The van der Waals surface area contributed by atoms with Crippen molar-refractivity contribution < 1.29 is 14.0 Å². The summed E-state index contributed by atoms with van der Waals surface area (Å²) >= 11 is 7.25. The van der Waals surface area contributed by atoms with Gasteiger partial charge in [0, 0.05) is 17.1 Å². The van der Waals surface area contributed by atoms with Crippen LogP contribution in [0, 0.1) is 0 Å². The molecule has 0 spiro atoms. The van der Waals surface area contributed by atoms with Crippen LogP contribution in [-0.4, -0.2) is 32.3 Å². The van der Waals surface area contributed by atoms with Gasteiger partial charge >= 0.3 is 5.91 Å². The van der Waals surface area contributed by atoms with Crippen molar-refractivity contribution in [3.63, 3.8) is 0 Å². The fraction of sp³-hybridized carbons (Fsp3) is 0.0909. The van der Waals surface area contributed by atoms with Gasteiger partial charge in [-0.1, -0.05) is 53.7 Å². The molecule has 0 fully saturated rings. The summed E-state index contributed by atoms with van der Waals surface area (Å²) in [6.07, 6.45) is 1.95. The molecule has 2 N–H and O–H groups in total. The maximum Gasteiger partial charge on any atom is 0.305 e. The Hall–Kier alpha value is -3.56. The normalized spacial score (nSPS) is 10.7. The van der Waals surface area contributed by atoms with Gasteiger partial charge in [0.05, 0.1) is 12.0 Å². The first-order valence-corrected chi connectivity index (χ1v) is 11.0. The van der Waals surface area contributed by atoms with Crippen LogP contribution in [0.1, 0.15) is 21.9 Å². The molecule has 0 saturated heterocycles. The topological polar surface area (TPSA) is 102 Å². The molecule has 0 atom stereocenters. The van der Waals surface area contributed by atoms with Crippen molar-refractivity contribution in [1.82, 2.24) is 25.6 Å². The fourth-order valence-electron chi connectivity index (χ4n) is 2.90. The first-order chi connectivity index (χ1) is 15.6. The van der Waals surface area contributed by atoms with Crippen molar-refractivity contribution in [3.05, 3.63) is 95.2 Å². The van der Waals surface area contributed by atoms with Crippen LogP contribution < -0.4 is 10.9 Å². The molecular formula is C22H18ClN5O3S. The van der Waals surface area contributed by atoms with Crippen LogP contribution in [0.2, 0.25) is 5.02 Å². The molecule has 2 aromatic heterocycles. The zero-order valence-electron chi connectivity index (χ0n) is 16.7. The van der Waals surface area contributed by atoms with E-state index in [9.17, 15) is 9.59 Å². The van der Waals surface area contributed by atoms with Crippen LogP contribution in [-0.2, 0) is 11.2 Å². The van der Waals surface area contributed by atoms with Gasteiger partial charge in [0.25, 0.3) is 0 Å². The van der Waals surface area contributed by atoms with Crippen molar-refractivity contribution in [2.45, 2.75) is 11.6 Å². The van der Waals surface area contributed by atoms with Gasteiger partial charge in [-0.25, -0.2) is 0 Å². The molecule has 8 nitrogen and oxygen atoms in total. The summed E-state index contributed by atoms with van der Waals surface area (Å²) in [4.78, 5) is 24.1. The summed E-state index contributed by atoms with van der Waals surface area (Å²) in [5.41, 5.74) is 6.59. The first kappa shape index (κ1) is 21.7. The van der Waals surface area contributed by atoms with Gasteiger partial charge in [0.2, 0.25) is 5.91 Å². The Morgan fingerprint density at radius 3 is 2.47 bits per heavy atom. The highest BCUT2D eigenvalue weighted by molar-refractivity contribution is 7.99. The minimum atomic E-state index is -0.539. The molecule has 2 heterocycles. The maximum absolute atomic E-state index is 12.2. The number of benzene rings is 2. The first-order valence-electron chi connectivity index (χ1n) is 9.60. The number of hydrazine groups is 1. The van der Waals surface area contributed by atoms with Gasteiger partial charge in [0.15, 0.2) is 10.9 Å². The molecule has 32 heavy (non-hydrogen) atoms. The van der Waals surface area contributed by atoms with E-state index in [0.29, 0.717) is 16.6 Å². The number of carbonyl (C=O) groups excluding carboxylic acids is 2. The minimum Gasteiger partial charge on any atom is -0.459 e. The molecule has 10 heteroatoms. The molecule has 2 amide bonds. The highest BCUT2D eigenvalue weighted by Gasteiger charge is 2.17. The van der Waals surface area contributed by atoms with Crippen LogP contribution in [0.25, 0.3) is 5.69 Å². The summed E-state index contributed by atoms with van der Waals surface area (Å²) in [5, 5.41) is 9.79. The smallest absolute Gasteiger partial charge is 0.305 e. The van der Waals surface area contributed by atoms with Crippen molar-refractivity contribution in [2.75, 3.05) is 5.75 Å². The lowest BCUT2D eigenvalue weighted by atomic mass is 10.1. The molecule has 0 aliphatic rings. The highest BCUT2D eigenvalue weighted by Crippen LogP contribution is 2.24. The van der Waals surface area contributed by atoms with E-state index in [1.54, 1.807) is 18.2 Å². The fourth-order valence-corrected chi connectivity index (χ4v) is 3.80. The Labute approximate surface area is 193 Å². The number of rotatable bonds is 7. The quantitative estimate of drug-likeness (QED) is 0.317. The monoisotopic (exact) mass is 467 g/mol. The number of furan rings is 1. The number of nitrogens with one attached hydrogen (secondary N) is 2. The standard InChI is InChI=1S/C22H18ClN5O3S/c23-16-8-10-17(11-9-16)28-19(13-15-5-2-1-3-6-15)24-27-22(28)32-14-20(29)25-26-21(30)18-7-4-12-31-18/h1-12H,13-14H2,(H,25,29)(H,26,30). The minimum absolute atomic E-state index is 0.0233. The van der Waals surface area contributed by atoms with Crippen molar-refractivity contribution in [2.24, 2.45) is 0 Å². The van der Waals surface area contributed by atoms with Crippen molar-refractivity contribution >= 4 is 35.2 Å². The third-order valence-electron chi connectivity index (χ3n) is 4.38. The Balaban J connectivity index is 1.47. The summed E-state index contributed by atoms with van der Waals surface area (Å²) in [5.74, 6) is -0.0817. The van der Waals surface area contributed by atoms with Crippen LogP contribution in [0.3, 0.4) is 0 Å². The third kappa shape index (κ3) is 5.37. The summed E-state index contributed by atoms with van der Waals surface area (Å²) in [6, 6.07) is 20.3. The summed E-state index contributed by atoms with van der Waals surface area (Å²) in [7, 11) is 0. The number of hydrogen-bond donors (Lipinski definition) is 2. The van der Waals surface area contributed by atoms with Crippen LogP contribution in [0.5, 0.6) is 0 Å². The molecule has 0 unspecified atom stereocenters. The van der Waals surface area contributed by atoms with Crippen LogP contribution in [0.15, 0.2) is 82.6 Å². The van der Waals surface area contributed by atoms with Crippen LogP contribution >= 0.6 is 23.4 Å². The molecule has 0 saturated carbocycles. The van der Waals surface area contributed by atoms with E-state index in [-0.39, 0.29) is 11.5 Å². The molecule has 0 bridgehead atoms. The molecule has 0 aliphatic heterocycles. The summed E-state index contributed by atoms with van der Waals surface area (Å²) < 4.78 is 6.87. The second kappa shape index (κ2) is 10.2. The molecular weight excluding hydrogens is 450 g/mol. The lowest BCUT2D eigenvalue weighted by Crippen LogP contribution is -2.42. The van der Waals surface area contributed by atoms with E-state index in [2.05, 4.69) is 21.0 Å². The van der Waals surface area contributed by atoms with Gasteiger partial charge in [-0.2, -0.15) is 0 Å². The number of amides is 2. The summed E-state index contributed by atoms with van der Waals surface area (Å²) in [6.45, 7) is 0. The lowest BCUT2D eigenvalue weighted by Gasteiger charge is -2.11. The molecule has 162 valence electrons. The van der Waals surface area contributed by atoms with Gasteiger partial charge < -0.3 is 4.42 Å². The number of carbonyl (C=O) groups is 2. The van der Waals surface area contributed by atoms with E-state index in [1.807, 2.05) is 47.0 Å². The Morgan fingerprint density at radius 2 is 1.75 bits per heavy atom. The molecule has 4 rings (SSSR count). The highest BCUT2D eigenvalue weighted by atomic mass is 35.5. The molecule has 2 aromatic carbocycles. The van der Waals surface area contributed by atoms with E-state index < -0.39 is 11.8 Å². The predicted molar refractivity (Wildman–Crippen MR) is 121 cm³/mol. The van der Waals surface area contributed by atoms with Gasteiger partial charge in [-0.05, 0) is 42.0 Å². The number of thioether (sulfide) groups is 1. The number of hydrogen-bond acceptors (Lipinski definition) is 6. The van der Waals surface area contributed by atoms with E-state index in [0.717, 1.165) is 17.1 Å². The Kier molecular flexibility index (Phi) is 6.88. The zero-order chi connectivity index (χ0) is 22.3. The lowest BCUT2D eigenvalue weighted by molar-refractivity contribution is -0.119. The average molecular weight is 468 g/mol. The Morgan fingerprint density at radius 1 is 0.969 bits per heavy atom. The molecule has 0 aliphatic carbocycles. The van der Waals surface area contributed by atoms with Crippen LogP contribution in [0.4, 0.5) is 0 Å². The second-order valence-corrected chi connectivity index (χ2v) is 8.02. The Bertz CT molecular complexity index is 1190. The zero-order valence-corrected chi connectivity index (χ0v) is 18.3. The van der Waals surface area contributed by atoms with E-state index in [1.165, 1.54) is 24.1 Å². The number of halogens is 1. The predicted octanol–water partition coefficient (Wildman–Crippen LogP) is 3.66. The van der Waals surface area contributed by atoms with Crippen molar-refractivity contribution in [3.8, 4) is 5.69 Å². The van der Waals surface area contributed by atoms with Crippen molar-refractivity contribution in [1.29, 1.82) is 0 Å². The molecule has 0 radical (unpaired) electrons.